The van der Waals surface area contributed by atoms with E-state index in [1.807, 2.05) is 0 Å². The van der Waals surface area contributed by atoms with Crippen LogP contribution >= 0.6 is 0 Å². The second-order valence-electron chi connectivity index (χ2n) is 6.55. The number of phenols is 1. The SMILES string of the molecule is CCOc1cc(/C=N/NC(=O)c2ccccc2O)ccc1OC(=O)c1ccc([N+](=O)[O-])cc1. The molecule has 0 unspecified atom stereocenters. The molecule has 0 bridgehead atoms. The number of benzene rings is 3. The highest BCUT2D eigenvalue weighted by Crippen LogP contribution is 2.29. The van der Waals surface area contributed by atoms with Crippen LogP contribution in [-0.2, 0) is 0 Å². The van der Waals surface area contributed by atoms with Crippen LogP contribution in [0.15, 0.2) is 71.8 Å². The number of nitro benzene ring substituents is 1. The maximum absolute atomic E-state index is 12.4. The van der Waals surface area contributed by atoms with Gasteiger partial charge in [-0.25, -0.2) is 10.2 Å². The Bertz CT molecular complexity index is 1210. The second kappa shape index (κ2) is 10.5. The summed E-state index contributed by atoms with van der Waals surface area (Å²) in [6.07, 6.45) is 1.36. The van der Waals surface area contributed by atoms with Crippen LogP contribution in [0.5, 0.6) is 17.2 Å². The molecule has 3 aromatic rings. The Morgan fingerprint density at radius 2 is 1.82 bits per heavy atom. The number of amides is 1. The first kappa shape index (κ1) is 22.9. The molecule has 0 aliphatic carbocycles. The van der Waals surface area contributed by atoms with Crippen LogP contribution in [0.3, 0.4) is 0 Å². The maximum atomic E-state index is 12.4. The average molecular weight is 449 g/mol. The first-order valence-electron chi connectivity index (χ1n) is 9.74. The van der Waals surface area contributed by atoms with Crippen LogP contribution in [0.25, 0.3) is 0 Å². The van der Waals surface area contributed by atoms with Crippen LogP contribution in [-0.4, -0.2) is 34.7 Å². The molecule has 10 nitrogen and oxygen atoms in total. The lowest BCUT2D eigenvalue weighted by molar-refractivity contribution is -0.384. The van der Waals surface area contributed by atoms with Crippen molar-refractivity contribution in [1.29, 1.82) is 0 Å². The van der Waals surface area contributed by atoms with Crippen LogP contribution in [0.1, 0.15) is 33.2 Å². The van der Waals surface area contributed by atoms with Gasteiger partial charge in [-0.05, 0) is 55.0 Å². The number of ether oxygens (including phenoxy) is 2. The Balaban J connectivity index is 1.71. The number of esters is 1. The molecule has 0 saturated carbocycles. The molecule has 33 heavy (non-hydrogen) atoms. The van der Waals surface area contributed by atoms with Gasteiger partial charge in [-0.1, -0.05) is 12.1 Å². The number of nitrogens with one attached hydrogen (secondary N) is 1. The van der Waals surface area contributed by atoms with Crippen molar-refractivity contribution in [2.75, 3.05) is 6.61 Å². The number of aromatic hydroxyl groups is 1. The van der Waals surface area contributed by atoms with Crippen molar-refractivity contribution in [3.05, 3.63) is 93.5 Å². The highest BCUT2D eigenvalue weighted by atomic mass is 16.6. The quantitative estimate of drug-likeness (QED) is 0.176. The Morgan fingerprint density at radius 3 is 2.48 bits per heavy atom. The summed E-state index contributed by atoms with van der Waals surface area (Å²) in [5.74, 6) is -1.03. The minimum atomic E-state index is -0.706. The van der Waals surface area contributed by atoms with E-state index in [2.05, 4.69) is 10.5 Å². The summed E-state index contributed by atoms with van der Waals surface area (Å²) in [7, 11) is 0. The van der Waals surface area contributed by atoms with Gasteiger partial charge in [0.2, 0.25) is 0 Å². The van der Waals surface area contributed by atoms with Gasteiger partial charge in [0.15, 0.2) is 11.5 Å². The summed E-state index contributed by atoms with van der Waals surface area (Å²) >= 11 is 0. The summed E-state index contributed by atoms with van der Waals surface area (Å²) in [4.78, 5) is 34.7. The van der Waals surface area contributed by atoms with Crippen LogP contribution in [0.4, 0.5) is 5.69 Å². The third-order valence-electron chi connectivity index (χ3n) is 4.31. The van der Waals surface area contributed by atoms with E-state index in [0.717, 1.165) is 0 Å². The summed E-state index contributed by atoms with van der Waals surface area (Å²) in [6.45, 7) is 2.06. The zero-order valence-electron chi connectivity index (χ0n) is 17.4. The zero-order chi connectivity index (χ0) is 23.8. The molecule has 1 amide bonds. The van der Waals surface area contributed by atoms with Crippen molar-refractivity contribution in [2.45, 2.75) is 6.92 Å². The number of rotatable bonds is 8. The van der Waals surface area contributed by atoms with E-state index in [1.54, 1.807) is 31.2 Å². The molecule has 2 N–H and O–H groups in total. The molecular weight excluding hydrogens is 430 g/mol. The van der Waals surface area contributed by atoms with Crippen LogP contribution < -0.4 is 14.9 Å². The monoisotopic (exact) mass is 449 g/mol. The minimum absolute atomic E-state index is 0.0816. The Labute approximate surface area is 188 Å². The topological polar surface area (TPSA) is 140 Å². The summed E-state index contributed by atoms with van der Waals surface area (Å²) in [5, 5.41) is 24.3. The van der Waals surface area contributed by atoms with E-state index in [1.165, 1.54) is 48.7 Å². The molecule has 0 spiro atoms. The first-order chi connectivity index (χ1) is 15.9. The molecule has 0 heterocycles. The molecule has 3 rings (SSSR count). The predicted molar refractivity (Wildman–Crippen MR) is 119 cm³/mol. The van der Waals surface area contributed by atoms with Gasteiger partial charge < -0.3 is 14.6 Å². The average Bonchev–Trinajstić information content (AvgIpc) is 2.81. The fourth-order valence-corrected chi connectivity index (χ4v) is 2.73. The predicted octanol–water partition coefficient (Wildman–Crippen LogP) is 3.68. The van der Waals surface area contributed by atoms with Crippen molar-refractivity contribution in [2.24, 2.45) is 5.10 Å². The van der Waals surface area contributed by atoms with Gasteiger partial charge in [0.25, 0.3) is 11.6 Å². The van der Waals surface area contributed by atoms with E-state index in [0.29, 0.717) is 12.2 Å². The lowest BCUT2D eigenvalue weighted by atomic mass is 10.2. The van der Waals surface area contributed by atoms with Crippen LogP contribution in [0, 0.1) is 10.1 Å². The smallest absolute Gasteiger partial charge is 0.343 e. The molecule has 3 aromatic carbocycles. The molecule has 0 saturated heterocycles. The van der Waals surface area contributed by atoms with Gasteiger partial charge in [0, 0.05) is 12.1 Å². The maximum Gasteiger partial charge on any atom is 0.343 e. The molecule has 0 aliphatic heterocycles. The highest BCUT2D eigenvalue weighted by Gasteiger charge is 2.15. The van der Waals surface area contributed by atoms with Gasteiger partial charge in [0.1, 0.15) is 5.75 Å². The van der Waals surface area contributed by atoms with Crippen molar-refractivity contribution >= 4 is 23.8 Å². The summed E-state index contributed by atoms with van der Waals surface area (Å²) < 4.78 is 10.9. The number of nitrogens with zero attached hydrogens (tertiary/aromatic N) is 2. The number of hydrogen-bond acceptors (Lipinski definition) is 8. The molecular formula is C23H19N3O7. The van der Waals surface area contributed by atoms with E-state index < -0.39 is 16.8 Å². The number of non-ortho nitro benzene ring substituents is 1. The third kappa shape index (κ3) is 5.91. The van der Waals surface area contributed by atoms with Crippen molar-refractivity contribution in [3.63, 3.8) is 0 Å². The van der Waals surface area contributed by atoms with Gasteiger partial charge in [-0.15, -0.1) is 0 Å². The normalized spacial score (nSPS) is 10.6. The molecule has 0 radical (unpaired) electrons. The molecule has 0 aromatic heterocycles. The largest absolute Gasteiger partial charge is 0.507 e. The van der Waals surface area contributed by atoms with Crippen LogP contribution in [0.2, 0.25) is 0 Å². The van der Waals surface area contributed by atoms with Crippen molar-refractivity contribution in [1.82, 2.24) is 5.43 Å². The number of hydrazone groups is 1. The molecule has 0 atom stereocenters. The van der Waals surface area contributed by atoms with Gasteiger partial charge >= 0.3 is 5.97 Å². The van der Waals surface area contributed by atoms with E-state index in [-0.39, 0.29) is 34.1 Å². The fraction of sp³-hybridized carbons (Fsp3) is 0.0870. The Hall–Kier alpha value is -4.73. The summed E-state index contributed by atoms with van der Waals surface area (Å²) in [6, 6.07) is 15.8. The summed E-state index contributed by atoms with van der Waals surface area (Å²) in [5.41, 5.74) is 2.95. The van der Waals surface area contributed by atoms with Crippen molar-refractivity contribution < 1.29 is 29.1 Å². The lowest BCUT2D eigenvalue weighted by Crippen LogP contribution is -2.17. The first-order valence-corrected chi connectivity index (χ1v) is 9.74. The molecule has 0 aliphatic rings. The standard InChI is InChI=1S/C23H19N3O7/c1-2-32-21-13-15(14-24-25-22(28)18-5-3-4-6-19(18)27)7-12-20(21)33-23(29)16-8-10-17(11-9-16)26(30)31/h3-14,27H,2H2,1H3,(H,25,28)/b24-14+. The second-order valence-corrected chi connectivity index (χ2v) is 6.55. The van der Waals surface area contributed by atoms with E-state index in [4.69, 9.17) is 9.47 Å². The van der Waals surface area contributed by atoms with Gasteiger partial charge in [-0.2, -0.15) is 5.10 Å². The van der Waals surface area contributed by atoms with E-state index in [9.17, 15) is 24.8 Å². The van der Waals surface area contributed by atoms with Gasteiger partial charge in [-0.3, -0.25) is 14.9 Å². The van der Waals surface area contributed by atoms with E-state index >= 15 is 0 Å². The number of hydrogen-bond donors (Lipinski definition) is 2. The Kier molecular flexibility index (Phi) is 7.32. The molecule has 168 valence electrons. The molecule has 0 fully saturated rings. The number of para-hydroxylation sites is 1. The van der Waals surface area contributed by atoms with Gasteiger partial charge in [0.05, 0.1) is 28.9 Å². The fourth-order valence-electron chi connectivity index (χ4n) is 2.73. The number of nitro groups is 1. The number of carbonyl (C=O) groups excluding carboxylic acids is 2. The highest BCUT2D eigenvalue weighted by molar-refractivity contribution is 5.97. The minimum Gasteiger partial charge on any atom is -0.507 e. The number of carbonyl (C=O) groups is 2. The molecule has 10 heteroatoms. The third-order valence-corrected chi connectivity index (χ3v) is 4.31. The zero-order valence-corrected chi connectivity index (χ0v) is 17.4. The Morgan fingerprint density at radius 1 is 1.09 bits per heavy atom. The van der Waals surface area contributed by atoms with Crippen molar-refractivity contribution in [3.8, 4) is 17.2 Å². The lowest BCUT2D eigenvalue weighted by Gasteiger charge is -2.11. The number of phenolic OH excluding ortho intramolecular Hbond substituents is 1.